The minimum absolute atomic E-state index is 0.233. The van der Waals surface area contributed by atoms with E-state index in [1.165, 1.54) is 0 Å². The maximum absolute atomic E-state index is 11.3. The lowest BCUT2D eigenvalue weighted by Crippen LogP contribution is -2.39. The maximum Gasteiger partial charge on any atom is 0.315 e. The van der Waals surface area contributed by atoms with Crippen LogP contribution in [0.15, 0.2) is 17.5 Å². The predicted octanol–water partition coefficient (Wildman–Crippen LogP) is 1.71. The van der Waals surface area contributed by atoms with Crippen LogP contribution in [0.2, 0.25) is 0 Å². The van der Waals surface area contributed by atoms with Crippen molar-refractivity contribution >= 4 is 17.4 Å². The van der Waals surface area contributed by atoms with E-state index >= 15 is 0 Å². The van der Waals surface area contributed by atoms with Crippen molar-refractivity contribution in [3.63, 3.8) is 0 Å². The highest BCUT2D eigenvalue weighted by atomic mass is 32.1. The highest BCUT2D eigenvalue weighted by Gasteiger charge is 2.05. The molecule has 0 aliphatic heterocycles. The van der Waals surface area contributed by atoms with Crippen LogP contribution in [-0.2, 0) is 6.54 Å². The zero-order valence-electron chi connectivity index (χ0n) is 9.40. The molecule has 4 nitrogen and oxygen atoms in total. The lowest BCUT2D eigenvalue weighted by atomic mass is 10.2. The Labute approximate surface area is 99.7 Å². The third-order valence-electron chi connectivity index (χ3n) is 2.12. The molecule has 1 atom stereocenters. The summed E-state index contributed by atoms with van der Waals surface area (Å²) < 4.78 is 0. The van der Waals surface area contributed by atoms with Gasteiger partial charge in [-0.15, -0.1) is 11.3 Å². The minimum Gasteiger partial charge on any atom is -0.391 e. The first kappa shape index (κ1) is 13.0. The molecule has 5 heteroatoms. The number of nitrogens with one attached hydrogen (secondary N) is 2. The zero-order chi connectivity index (χ0) is 11.8. The van der Waals surface area contributed by atoms with Gasteiger partial charge in [0.1, 0.15) is 0 Å². The third-order valence-corrected chi connectivity index (χ3v) is 3.00. The number of aliphatic hydroxyl groups excluding tert-OH is 1. The van der Waals surface area contributed by atoms with Gasteiger partial charge >= 0.3 is 6.03 Å². The number of thiophene rings is 1. The second-order valence-electron chi connectivity index (χ2n) is 3.59. The zero-order valence-corrected chi connectivity index (χ0v) is 10.2. The minimum atomic E-state index is -0.447. The number of rotatable bonds is 6. The molecule has 1 heterocycles. The van der Waals surface area contributed by atoms with Crippen LogP contribution in [0.4, 0.5) is 4.79 Å². The summed E-state index contributed by atoms with van der Waals surface area (Å²) >= 11 is 1.61. The van der Waals surface area contributed by atoms with E-state index in [1.54, 1.807) is 11.3 Å². The molecule has 0 aliphatic rings. The number of aliphatic hydroxyl groups is 1. The van der Waals surface area contributed by atoms with Crippen LogP contribution in [0.25, 0.3) is 0 Å². The summed E-state index contributed by atoms with van der Waals surface area (Å²) in [4.78, 5) is 12.4. The van der Waals surface area contributed by atoms with Crippen LogP contribution in [-0.4, -0.2) is 23.8 Å². The fraction of sp³-hybridized carbons (Fsp3) is 0.545. The normalized spacial score (nSPS) is 12.1. The quantitative estimate of drug-likeness (QED) is 0.711. The molecule has 1 aromatic rings. The molecule has 1 unspecified atom stereocenters. The third kappa shape index (κ3) is 5.14. The van der Waals surface area contributed by atoms with Crippen LogP contribution in [0.1, 0.15) is 24.6 Å². The number of carbonyl (C=O) groups excluding carboxylic acids is 1. The van der Waals surface area contributed by atoms with Crippen molar-refractivity contribution in [2.24, 2.45) is 0 Å². The lowest BCUT2D eigenvalue weighted by Gasteiger charge is -2.11. The highest BCUT2D eigenvalue weighted by molar-refractivity contribution is 7.09. The molecule has 3 N–H and O–H groups in total. The van der Waals surface area contributed by atoms with E-state index in [9.17, 15) is 9.90 Å². The Morgan fingerprint density at radius 2 is 2.38 bits per heavy atom. The summed E-state index contributed by atoms with van der Waals surface area (Å²) in [5.41, 5.74) is 0. The summed E-state index contributed by atoms with van der Waals surface area (Å²) in [6.45, 7) is 2.84. The van der Waals surface area contributed by atoms with Gasteiger partial charge < -0.3 is 15.7 Å². The van der Waals surface area contributed by atoms with Gasteiger partial charge in [0.2, 0.25) is 0 Å². The van der Waals surface area contributed by atoms with Crippen molar-refractivity contribution < 1.29 is 9.90 Å². The molecule has 0 bridgehead atoms. The Kier molecular flexibility index (Phi) is 5.88. The molecule has 0 saturated heterocycles. The summed E-state index contributed by atoms with van der Waals surface area (Å²) in [5, 5.41) is 16.7. The van der Waals surface area contributed by atoms with Gasteiger partial charge in [0.05, 0.1) is 12.6 Å². The summed E-state index contributed by atoms with van der Waals surface area (Å²) in [6.07, 6.45) is 1.18. The van der Waals surface area contributed by atoms with Crippen molar-refractivity contribution in [3.05, 3.63) is 22.4 Å². The second kappa shape index (κ2) is 7.24. The van der Waals surface area contributed by atoms with Gasteiger partial charge in [0.25, 0.3) is 0 Å². The molecule has 0 radical (unpaired) electrons. The van der Waals surface area contributed by atoms with Crippen molar-refractivity contribution in [1.82, 2.24) is 10.6 Å². The molecule has 0 aliphatic carbocycles. The van der Waals surface area contributed by atoms with Crippen molar-refractivity contribution in [2.45, 2.75) is 32.4 Å². The lowest BCUT2D eigenvalue weighted by molar-refractivity contribution is 0.160. The molecule has 1 aromatic heterocycles. The predicted molar refractivity (Wildman–Crippen MR) is 65.5 cm³/mol. The van der Waals surface area contributed by atoms with Crippen molar-refractivity contribution in [3.8, 4) is 0 Å². The first-order valence-electron chi connectivity index (χ1n) is 5.44. The van der Waals surface area contributed by atoms with Crippen molar-refractivity contribution in [2.75, 3.05) is 6.54 Å². The van der Waals surface area contributed by atoms with E-state index in [1.807, 2.05) is 24.4 Å². The van der Waals surface area contributed by atoms with Gasteiger partial charge in [-0.05, 0) is 17.9 Å². The standard InChI is InChI=1S/C11H18N2O2S/c1-2-4-9(14)7-12-11(15)13-8-10-5-3-6-16-10/h3,5-6,9,14H,2,4,7-8H2,1H3,(H2,12,13,15). The summed E-state index contributed by atoms with van der Waals surface area (Å²) in [7, 11) is 0. The van der Waals surface area contributed by atoms with Gasteiger partial charge in [-0.3, -0.25) is 0 Å². The largest absolute Gasteiger partial charge is 0.391 e. The van der Waals surface area contributed by atoms with Gasteiger partial charge in [-0.25, -0.2) is 4.79 Å². The SMILES string of the molecule is CCCC(O)CNC(=O)NCc1cccs1. The van der Waals surface area contributed by atoms with Gasteiger partial charge in [-0.2, -0.15) is 0 Å². The average Bonchev–Trinajstić information content (AvgIpc) is 2.77. The maximum atomic E-state index is 11.3. The van der Waals surface area contributed by atoms with Crippen LogP contribution in [0.3, 0.4) is 0 Å². The Hall–Kier alpha value is -1.07. The average molecular weight is 242 g/mol. The highest BCUT2D eigenvalue weighted by Crippen LogP contribution is 2.06. The molecular formula is C11H18N2O2S. The Morgan fingerprint density at radius 1 is 1.56 bits per heavy atom. The topological polar surface area (TPSA) is 61.4 Å². The number of hydrogen-bond donors (Lipinski definition) is 3. The van der Waals surface area contributed by atoms with E-state index in [-0.39, 0.29) is 6.03 Å². The van der Waals surface area contributed by atoms with Crippen LogP contribution < -0.4 is 10.6 Å². The second-order valence-corrected chi connectivity index (χ2v) is 4.62. The molecule has 16 heavy (non-hydrogen) atoms. The van der Waals surface area contributed by atoms with Crippen LogP contribution >= 0.6 is 11.3 Å². The molecule has 90 valence electrons. The van der Waals surface area contributed by atoms with Gasteiger partial charge in [0.15, 0.2) is 0 Å². The number of urea groups is 1. The Bertz CT molecular complexity index is 301. The molecule has 0 spiro atoms. The summed E-state index contributed by atoms with van der Waals surface area (Å²) in [5.74, 6) is 0. The molecule has 1 rings (SSSR count). The van der Waals surface area contributed by atoms with E-state index in [4.69, 9.17) is 0 Å². The molecule has 2 amide bonds. The monoisotopic (exact) mass is 242 g/mol. The van der Waals surface area contributed by atoms with Crippen molar-refractivity contribution in [1.29, 1.82) is 0 Å². The van der Waals surface area contributed by atoms with E-state index < -0.39 is 6.10 Å². The van der Waals surface area contributed by atoms with Gasteiger partial charge in [0, 0.05) is 11.4 Å². The Balaban J connectivity index is 2.11. The fourth-order valence-corrected chi connectivity index (χ4v) is 1.93. The number of amides is 2. The molecule has 0 saturated carbocycles. The van der Waals surface area contributed by atoms with Crippen LogP contribution in [0.5, 0.6) is 0 Å². The molecule has 0 aromatic carbocycles. The molecule has 0 fully saturated rings. The van der Waals surface area contributed by atoms with Gasteiger partial charge in [-0.1, -0.05) is 19.4 Å². The van der Waals surface area contributed by atoms with E-state index in [0.29, 0.717) is 19.5 Å². The van der Waals surface area contributed by atoms with E-state index in [2.05, 4.69) is 10.6 Å². The Morgan fingerprint density at radius 3 is 3.00 bits per heavy atom. The van der Waals surface area contributed by atoms with Crippen LogP contribution in [0, 0.1) is 0 Å². The first-order valence-corrected chi connectivity index (χ1v) is 6.32. The smallest absolute Gasteiger partial charge is 0.315 e. The van der Waals surface area contributed by atoms with E-state index in [0.717, 1.165) is 11.3 Å². The first-order chi connectivity index (χ1) is 7.72. The fourth-order valence-electron chi connectivity index (χ4n) is 1.29. The molecular weight excluding hydrogens is 224 g/mol. The number of hydrogen-bond acceptors (Lipinski definition) is 3. The summed E-state index contributed by atoms with van der Waals surface area (Å²) in [6, 6.07) is 3.69. The number of carbonyl (C=O) groups is 1.